The van der Waals surface area contributed by atoms with Crippen LogP contribution in [0.4, 0.5) is 5.82 Å². The van der Waals surface area contributed by atoms with Crippen LogP contribution in [-0.4, -0.2) is 24.6 Å². The van der Waals surface area contributed by atoms with Crippen LogP contribution in [0.2, 0.25) is 0 Å². The van der Waals surface area contributed by atoms with Gasteiger partial charge < -0.3 is 10.2 Å². The number of hydrogen-bond acceptors (Lipinski definition) is 3. The molecule has 1 aromatic rings. The second-order valence-electron chi connectivity index (χ2n) is 4.80. The highest BCUT2D eigenvalue weighted by Gasteiger charge is 2.29. The summed E-state index contributed by atoms with van der Waals surface area (Å²) in [6.45, 7) is 4.24. The molecule has 2 rings (SSSR count). The van der Waals surface area contributed by atoms with E-state index in [-0.39, 0.29) is 0 Å². The Morgan fingerprint density at radius 1 is 1.41 bits per heavy atom. The van der Waals surface area contributed by atoms with E-state index >= 15 is 0 Å². The van der Waals surface area contributed by atoms with E-state index in [4.69, 9.17) is 4.98 Å². The van der Waals surface area contributed by atoms with Crippen molar-refractivity contribution in [1.29, 1.82) is 0 Å². The van der Waals surface area contributed by atoms with E-state index in [0.29, 0.717) is 0 Å². The molecule has 1 fully saturated rings. The van der Waals surface area contributed by atoms with Gasteiger partial charge in [0, 0.05) is 19.1 Å². The summed E-state index contributed by atoms with van der Waals surface area (Å²) in [6, 6.07) is 7.10. The normalized spacial score (nSPS) is 14.9. The van der Waals surface area contributed by atoms with Crippen LogP contribution in [0.3, 0.4) is 0 Å². The van der Waals surface area contributed by atoms with Gasteiger partial charge in [0.05, 0.1) is 5.69 Å². The Kier molecular flexibility index (Phi) is 4.37. The first kappa shape index (κ1) is 12.4. The van der Waals surface area contributed by atoms with Gasteiger partial charge in [0.1, 0.15) is 5.82 Å². The number of nitrogens with zero attached hydrogens (tertiary/aromatic N) is 2. The Balaban J connectivity index is 2.08. The van der Waals surface area contributed by atoms with Gasteiger partial charge in [-0.1, -0.05) is 19.4 Å². The summed E-state index contributed by atoms with van der Waals surface area (Å²) in [4.78, 5) is 7.23. The van der Waals surface area contributed by atoms with Crippen LogP contribution in [0, 0.1) is 0 Å². The number of aromatic nitrogens is 1. The first-order chi connectivity index (χ1) is 8.35. The van der Waals surface area contributed by atoms with Crippen molar-refractivity contribution >= 4 is 5.82 Å². The fraction of sp³-hybridized carbons (Fsp3) is 0.643. The summed E-state index contributed by atoms with van der Waals surface area (Å²) < 4.78 is 0. The molecule has 1 N–H and O–H groups in total. The van der Waals surface area contributed by atoms with Crippen molar-refractivity contribution in [2.45, 2.75) is 45.2 Å². The van der Waals surface area contributed by atoms with Gasteiger partial charge in [-0.15, -0.1) is 0 Å². The van der Waals surface area contributed by atoms with Gasteiger partial charge in [0.25, 0.3) is 0 Å². The van der Waals surface area contributed by atoms with Crippen LogP contribution >= 0.6 is 0 Å². The third-order valence-electron chi connectivity index (χ3n) is 3.18. The molecule has 0 aromatic carbocycles. The number of anilines is 1. The van der Waals surface area contributed by atoms with E-state index in [1.807, 2.05) is 7.05 Å². The van der Waals surface area contributed by atoms with Crippen molar-refractivity contribution < 1.29 is 0 Å². The minimum Gasteiger partial charge on any atom is -0.354 e. The summed E-state index contributed by atoms with van der Waals surface area (Å²) in [7, 11) is 1.96. The molecule has 0 atom stereocenters. The Morgan fingerprint density at radius 2 is 2.24 bits per heavy atom. The van der Waals surface area contributed by atoms with E-state index in [9.17, 15) is 0 Å². The average molecular weight is 233 g/mol. The molecule has 0 spiro atoms. The first-order valence-electron chi connectivity index (χ1n) is 6.72. The van der Waals surface area contributed by atoms with Crippen molar-refractivity contribution in [1.82, 2.24) is 10.3 Å². The molecule has 0 unspecified atom stereocenters. The lowest BCUT2D eigenvalue weighted by molar-refractivity contribution is 0.699. The lowest BCUT2D eigenvalue weighted by atomic mass is 10.3. The maximum atomic E-state index is 4.74. The van der Waals surface area contributed by atoms with E-state index < -0.39 is 0 Å². The summed E-state index contributed by atoms with van der Waals surface area (Å²) in [5.41, 5.74) is 1.13. The molecule has 0 aliphatic heterocycles. The Labute approximate surface area is 104 Å². The van der Waals surface area contributed by atoms with Crippen molar-refractivity contribution in [3.63, 3.8) is 0 Å². The van der Waals surface area contributed by atoms with Crippen molar-refractivity contribution in [2.75, 3.05) is 18.5 Å². The molecule has 0 saturated heterocycles. The van der Waals surface area contributed by atoms with E-state index in [1.54, 1.807) is 0 Å². The molecule has 94 valence electrons. The quantitative estimate of drug-likeness (QED) is 0.784. The van der Waals surface area contributed by atoms with E-state index in [0.717, 1.165) is 30.6 Å². The van der Waals surface area contributed by atoms with Gasteiger partial charge in [-0.05, 0) is 38.4 Å². The van der Waals surface area contributed by atoms with E-state index in [1.165, 1.54) is 25.7 Å². The van der Waals surface area contributed by atoms with Gasteiger partial charge in [0.15, 0.2) is 0 Å². The van der Waals surface area contributed by atoms with Gasteiger partial charge in [-0.3, -0.25) is 0 Å². The largest absolute Gasteiger partial charge is 0.354 e. The average Bonchev–Trinajstić information content (AvgIpc) is 3.15. The predicted molar refractivity (Wildman–Crippen MR) is 72.3 cm³/mol. The van der Waals surface area contributed by atoms with Crippen LogP contribution in [0.5, 0.6) is 0 Å². The van der Waals surface area contributed by atoms with E-state index in [2.05, 4.69) is 35.3 Å². The highest BCUT2D eigenvalue weighted by molar-refractivity contribution is 5.42. The van der Waals surface area contributed by atoms with Crippen LogP contribution in [0.1, 0.15) is 38.3 Å². The second kappa shape index (κ2) is 6.01. The van der Waals surface area contributed by atoms with Crippen LogP contribution in [-0.2, 0) is 6.54 Å². The molecule has 17 heavy (non-hydrogen) atoms. The van der Waals surface area contributed by atoms with Crippen LogP contribution in [0.25, 0.3) is 0 Å². The number of rotatable bonds is 7. The molecule has 1 saturated carbocycles. The molecule has 1 aromatic heterocycles. The number of hydrogen-bond donors (Lipinski definition) is 1. The zero-order chi connectivity index (χ0) is 12.1. The molecule has 1 aliphatic rings. The monoisotopic (exact) mass is 233 g/mol. The Morgan fingerprint density at radius 3 is 2.88 bits per heavy atom. The molecule has 1 aliphatic carbocycles. The molecule has 0 bridgehead atoms. The zero-order valence-corrected chi connectivity index (χ0v) is 10.9. The van der Waals surface area contributed by atoms with Crippen molar-refractivity contribution in [3.05, 3.63) is 23.9 Å². The first-order valence-corrected chi connectivity index (χ1v) is 6.72. The summed E-state index contributed by atoms with van der Waals surface area (Å²) >= 11 is 0. The predicted octanol–water partition coefficient (Wildman–Crippen LogP) is 2.57. The molecule has 0 radical (unpaired) electrons. The lowest BCUT2D eigenvalue weighted by Crippen LogP contribution is -2.28. The second-order valence-corrected chi connectivity index (χ2v) is 4.80. The van der Waals surface area contributed by atoms with Crippen molar-refractivity contribution in [2.24, 2.45) is 0 Å². The summed E-state index contributed by atoms with van der Waals surface area (Å²) in [5, 5.41) is 3.16. The minimum atomic E-state index is 0.749. The lowest BCUT2D eigenvalue weighted by Gasteiger charge is -2.23. The van der Waals surface area contributed by atoms with Gasteiger partial charge in [-0.2, -0.15) is 0 Å². The van der Waals surface area contributed by atoms with Crippen LogP contribution in [0.15, 0.2) is 18.2 Å². The Hall–Kier alpha value is -1.09. The highest BCUT2D eigenvalue weighted by atomic mass is 15.2. The maximum absolute atomic E-state index is 4.74. The number of pyridine rings is 1. The zero-order valence-electron chi connectivity index (χ0n) is 10.9. The smallest absolute Gasteiger partial charge is 0.129 e. The minimum absolute atomic E-state index is 0.749. The third-order valence-corrected chi connectivity index (χ3v) is 3.18. The third kappa shape index (κ3) is 3.43. The Bertz CT molecular complexity index is 347. The molecular formula is C14H23N3. The topological polar surface area (TPSA) is 28.2 Å². The van der Waals surface area contributed by atoms with Gasteiger partial charge in [-0.25, -0.2) is 4.98 Å². The highest BCUT2D eigenvalue weighted by Crippen LogP contribution is 2.30. The van der Waals surface area contributed by atoms with Gasteiger partial charge in [0.2, 0.25) is 0 Å². The molecule has 0 amide bonds. The van der Waals surface area contributed by atoms with Crippen molar-refractivity contribution in [3.8, 4) is 0 Å². The summed E-state index contributed by atoms with van der Waals surface area (Å²) in [5.74, 6) is 1.16. The number of nitrogens with one attached hydrogen (secondary N) is 1. The standard InChI is InChI=1S/C14H23N3/c1-3-4-10-17(13-8-9-13)14-7-5-6-12(16-14)11-15-2/h5-7,13,15H,3-4,8-11H2,1-2H3. The summed E-state index contributed by atoms with van der Waals surface area (Å²) in [6.07, 6.45) is 5.18. The maximum Gasteiger partial charge on any atom is 0.129 e. The molecule has 3 heteroatoms. The molecular weight excluding hydrogens is 210 g/mol. The fourth-order valence-corrected chi connectivity index (χ4v) is 2.11. The van der Waals surface area contributed by atoms with Gasteiger partial charge >= 0.3 is 0 Å². The molecule has 3 nitrogen and oxygen atoms in total. The SMILES string of the molecule is CCCCN(c1cccc(CNC)n1)C1CC1. The fourth-order valence-electron chi connectivity index (χ4n) is 2.11. The molecule has 1 heterocycles. The van der Waals surface area contributed by atoms with Crippen LogP contribution < -0.4 is 10.2 Å². The number of unbranched alkanes of at least 4 members (excludes halogenated alkanes) is 1.